The molecule has 2 aliphatic heterocycles. The highest BCUT2D eigenvalue weighted by molar-refractivity contribution is 7.86. The van der Waals surface area contributed by atoms with Gasteiger partial charge in [0.05, 0.1) is 0 Å². The second kappa shape index (κ2) is 7.25. The number of alkyl halides is 3. The molecule has 0 saturated carbocycles. The van der Waals surface area contributed by atoms with Crippen LogP contribution in [0.3, 0.4) is 0 Å². The van der Waals surface area contributed by atoms with E-state index in [-0.39, 0.29) is 13.1 Å². The lowest BCUT2D eigenvalue weighted by atomic mass is 10.3. The summed E-state index contributed by atoms with van der Waals surface area (Å²) in [7, 11) is -1.56. The lowest BCUT2D eigenvalue weighted by molar-refractivity contribution is -0.141. The normalized spacial score (nSPS) is 21.9. The zero-order valence-electron chi connectivity index (χ0n) is 14.4. The lowest BCUT2D eigenvalue weighted by Gasteiger charge is -2.39. The first kappa shape index (κ1) is 19.3. The second-order valence-corrected chi connectivity index (χ2v) is 8.30. The third kappa shape index (κ3) is 4.08. The van der Waals surface area contributed by atoms with Crippen molar-refractivity contribution < 1.29 is 21.6 Å². The molecule has 1 aromatic heterocycles. The predicted octanol–water partition coefficient (Wildman–Crippen LogP) is 0.110. The molecule has 0 radical (unpaired) electrons. The highest BCUT2D eigenvalue weighted by atomic mass is 32.2. The van der Waals surface area contributed by atoms with Gasteiger partial charge in [-0.1, -0.05) is 0 Å². The van der Waals surface area contributed by atoms with Crippen LogP contribution < -0.4 is 4.90 Å². The zero-order valence-corrected chi connectivity index (χ0v) is 15.2. The summed E-state index contributed by atoms with van der Waals surface area (Å²) in [5, 5.41) is 6.84. The summed E-state index contributed by atoms with van der Waals surface area (Å²) in [5.74, 6) is 0.314. The van der Waals surface area contributed by atoms with Crippen LogP contribution in [0.1, 0.15) is 5.69 Å². The monoisotopic (exact) mass is 394 g/mol. The predicted molar refractivity (Wildman–Crippen MR) is 88.8 cm³/mol. The van der Waals surface area contributed by atoms with Crippen molar-refractivity contribution in [2.75, 3.05) is 64.3 Å². The maximum absolute atomic E-state index is 12.7. The second-order valence-electron chi connectivity index (χ2n) is 6.37. The minimum atomic E-state index is -4.53. The van der Waals surface area contributed by atoms with Gasteiger partial charge in [-0.05, 0) is 19.2 Å². The molecule has 0 aliphatic carbocycles. The van der Waals surface area contributed by atoms with E-state index in [2.05, 4.69) is 15.1 Å². The molecule has 146 valence electrons. The molecule has 1 aromatic rings. The number of rotatable bonds is 3. The molecule has 0 N–H and O–H groups in total. The Labute approximate surface area is 150 Å². The van der Waals surface area contributed by atoms with E-state index in [1.165, 1.54) is 14.7 Å². The fourth-order valence-electron chi connectivity index (χ4n) is 2.98. The molecule has 0 unspecified atom stereocenters. The van der Waals surface area contributed by atoms with Crippen LogP contribution in [0.5, 0.6) is 0 Å². The third-order valence-corrected chi connectivity index (χ3v) is 6.65. The first-order chi connectivity index (χ1) is 12.2. The van der Waals surface area contributed by atoms with Gasteiger partial charge in [-0.25, -0.2) is 0 Å². The topological polar surface area (TPSA) is 72.9 Å². The minimum Gasteiger partial charge on any atom is -0.352 e. The Morgan fingerprint density at radius 3 is 1.88 bits per heavy atom. The van der Waals surface area contributed by atoms with Crippen molar-refractivity contribution in [3.63, 3.8) is 0 Å². The summed E-state index contributed by atoms with van der Waals surface area (Å²) < 4.78 is 66.0. The number of nitrogens with zero attached hydrogens (tertiary/aromatic N) is 6. The largest absolute Gasteiger partial charge is 0.435 e. The first-order valence-electron chi connectivity index (χ1n) is 8.27. The number of aromatic nitrogens is 2. The van der Waals surface area contributed by atoms with Gasteiger partial charge in [-0.2, -0.15) is 30.2 Å². The van der Waals surface area contributed by atoms with E-state index < -0.39 is 22.1 Å². The van der Waals surface area contributed by atoms with E-state index in [9.17, 15) is 21.6 Å². The van der Waals surface area contributed by atoms with Crippen molar-refractivity contribution >= 4 is 16.0 Å². The molecule has 12 heteroatoms. The average Bonchev–Trinajstić information content (AvgIpc) is 2.62. The van der Waals surface area contributed by atoms with Crippen molar-refractivity contribution in [1.29, 1.82) is 0 Å². The van der Waals surface area contributed by atoms with Gasteiger partial charge in [0.15, 0.2) is 11.5 Å². The molecule has 0 aromatic carbocycles. The average molecular weight is 394 g/mol. The molecule has 26 heavy (non-hydrogen) atoms. The van der Waals surface area contributed by atoms with E-state index >= 15 is 0 Å². The number of hydrogen-bond donors (Lipinski definition) is 0. The maximum atomic E-state index is 12.7. The van der Waals surface area contributed by atoms with Crippen LogP contribution in [0.2, 0.25) is 0 Å². The van der Waals surface area contributed by atoms with Crippen LogP contribution in [0.15, 0.2) is 12.1 Å². The Morgan fingerprint density at radius 1 is 0.885 bits per heavy atom. The highest BCUT2D eigenvalue weighted by Crippen LogP contribution is 2.27. The number of piperazine rings is 2. The van der Waals surface area contributed by atoms with E-state index in [0.717, 1.165) is 6.07 Å². The van der Waals surface area contributed by atoms with Gasteiger partial charge < -0.3 is 9.80 Å². The number of hydrogen-bond acceptors (Lipinski definition) is 6. The van der Waals surface area contributed by atoms with Crippen LogP contribution >= 0.6 is 0 Å². The van der Waals surface area contributed by atoms with Crippen LogP contribution in [0.25, 0.3) is 0 Å². The van der Waals surface area contributed by atoms with Gasteiger partial charge >= 0.3 is 6.18 Å². The Balaban J connectivity index is 1.60. The molecule has 0 bridgehead atoms. The summed E-state index contributed by atoms with van der Waals surface area (Å²) in [6, 6.07) is 2.15. The molecule has 0 atom stereocenters. The molecule has 8 nitrogen and oxygen atoms in total. The summed E-state index contributed by atoms with van der Waals surface area (Å²) in [6.45, 7) is 3.54. The first-order valence-corrected chi connectivity index (χ1v) is 9.67. The summed E-state index contributed by atoms with van der Waals surface area (Å²) >= 11 is 0. The van der Waals surface area contributed by atoms with Gasteiger partial charge in [0, 0.05) is 52.4 Å². The smallest absolute Gasteiger partial charge is 0.352 e. The van der Waals surface area contributed by atoms with Crippen LogP contribution in [0.4, 0.5) is 19.0 Å². The van der Waals surface area contributed by atoms with Gasteiger partial charge in [-0.15, -0.1) is 10.2 Å². The SMILES string of the molecule is CN1CCN(S(=O)(=O)N2CCN(c3ccc(C(F)(F)F)nn3)CC2)CC1. The number of halogens is 3. The van der Waals surface area contributed by atoms with Gasteiger partial charge in [0.2, 0.25) is 0 Å². The fraction of sp³-hybridized carbons (Fsp3) is 0.714. The maximum Gasteiger partial charge on any atom is 0.435 e. The van der Waals surface area contributed by atoms with Crippen LogP contribution in [0, 0.1) is 0 Å². The van der Waals surface area contributed by atoms with E-state index in [1.807, 2.05) is 7.05 Å². The van der Waals surface area contributed by atoms with Gasteiger partial charge in [-0.3, -0.25) is 0 Å². The molecule has 3 rings (SSSR count). The summed E-state index contributed by atoms with van der Waals surface area (Å²) in [5.41, 5.74) is -1.04. The quantitative estimate of drug-likeness (QED) is 0.725. The fourth-order valence-corrected chi connectivity index (χ4v) is 4.55. The standard InChI is InChI=1S/C14H21F3N6O2S/c1-20-4-8-22(9-5-20)26(24,25)23-10-6-21(7-11-23)13-3-2-12(18-19-13)14(15,16)17/h2-3H,4-11H2,1H3. The molecular formula is C14H21F3N6O2S. The minimum absolute atomic E-state index is 0.261. The number of anilines is 1. The molecule has 2 saturated heterocycles. The third-order valence-electron chi connectivity index (χ3n) is 4.62. The zero-order chi connectivity index (χ0) is 18.9. The molecule has 0 amide bonds. The van der Waals surface area contributed by atoms with Crippen molar-refractivity contribution in [1.82, 2.24) is 23.7 Å². The Hall–Kier alpha value is -1.50. The molecule has 0 spiro atoms. The Bertz CT molecular complexity index is 711. The van der Waals surface area contributed by atoms with Crippen LogP contribution in [-0.2, 0) is 16.4 Å². The van der Waals surface area contributed by atoms with Crippen molar-refractivity contribution in [2.24, 2.45) is 0 Å². The molecule has 2 fully saturated rings. The van der Waals surface area contributed by atoms with Crippen molar-refractivity contribution in [3.8, 4) is 0 Å². The summed E-state index contributed by atoms with van der Waals surface area (Å²) in [6.07, 6.45) is -4.53. The van der Waals surface area contributed by atoms with E-state index in [4.69, 9.17) is 0 Å². The molecular weight excluding hydrogens is 373 g/mol. The van der Waals surface area contributed by atoms with Crippen LogP contribution in [-0.4, -0.2) is 91.5 Å². The Kier molecular flexibility index (Phi) is 5.37. The van der Waals surface area contributed by atoms with Crippen molar-refractivity contribution in [3.05, 3.63) is 17.8 Å². The molecule has 2 aliphatic rings. The van der Waals surface area contributed by atoms with Gasteiger partial charge in [0.25, 0.3) is 10.2 Å². The van der Waals surface area contributed by atoms with Crippen molar-refractivity contribution in [2.45, 2.75) is 6.18 Å². The van der Waals surface area contributed by atoms with Gasteiger partial charge in [0.1, 0.15) is 0 Å². The lowest BCUT2D eigenvalue weighted by Crippen LogP contribution is -2.56. The number of likely N-dealkylation sites (N-methyl/N-ethyl adjacent to an activating group) is 1. The highest BCUT2D eigenvalue weighted by Gasteiger charge is 2.35. The Morgan fingerprint density at radius 2 is 1.42 bits per heavy atom. The molecule has 3 heterocycles. The van der Waals surface area contributed by atoms with E-state index in [0.29, 0.717) is 45.1 Å². The van der Waals surface area contributed by atoms with E-state index in [1.54, 1.807) is 4.90 Å². The summed E-state index contributed by atoms with van der Waals surface area (Å²) in [4.78, 5) is 3.82.